The molecule has 0 bridgehead atoms. The van der Waals surface area contributed by atoms with Crippen LogP contribution in [0.25, 0.3) is 0 Å². The Kier molecular flexibility index (Phi) is 5.37. The molecule has 23 heavy (non-hydrogen) atoms. The number of ether oxygens (including phenoxy) is 1. The molecular weight excluding hydrogens is 286 g/mol. The van der Waals surface area contributed by atoms with Crippen LogP contribution in [0, 0.1) is 0 Å². The Balaban J connectivity index is 1.59. The van der Waals surface area contributed by atoms with Crippen LogP contribution in [-0.2, 0) is 6.42 Å². The zero-order valence-electron chi connectivity index (χ0n) is 13.7. The Labute approximate surface area is 138 Å². The first kappa shape index (κ1) is 15.7. The number of hydrogen-bond donors (Lipinski definition) is 2. The van der Waals surface area contributed by atoms with Gasteiger partial charge < -0.3 is 20.3 Å². The lowest BCUT2D eigenvalue weighted by Crippen LogP contribution is -2.43. The number of nitrogens with zero attached hydrogens (tertiary/aromatic N) is 1. The highest BCUT2D eigenvalue weighted by molar-refractivity contribution is 5.70. The third kappa shape index (κ3) is 4.17. The molecule has 4 nitrogen and oxygen atoms in total. The zero-order valence-corrected chi connectivity index (χ0v) is 13.7. The minimum Gasteiger partial charge on any atom is -0.497 e. The monoisotopic (exact) mass is 311 g/mol. The summed E-state index contributed by atoms with van der Waals surface area (Å²) in [5.74, 6) is 0.908. The molecule has 2 aromatic carbocycles. The Morgan fingerprint density at radius 1 is 1.04 bits per heavy atom. The van der Waals surface area contributed by atoms with Crippen LogP contribution in [-0.4, -0.2) is 39.8 Å². The number of anilines is 2. The molecule has 1 aliphatic heterocycles. The summed E-state index contributed by atoms with van der Waals surface area (Å²) in [6, 6.07) is 16.9. The normalized spacial score (nSPS) is 14.6. The van der Waals surface area contributed by atoms with Gasteiger partial charge in [0.1, 0.15) is 5.75 Å². The fourth-order valence-corrected chi connectivity index (χ4v) is 2.94. The van der Waals surface area contributed by atoms with Gasteiger partial charge in [-0.05, 0) is 36.2 Å². The molecular formula is C19H25N3O. The Bertz CT molecular complexity index is 606. The molecule has 0 unspecified atom stereocenters. The first-order chi connectivity index (χ1) is 11.4. The molecule has 2 N–H and O–H groups in total. The third-order valence-corrected chi connectivity index (χ3v) is 4.25. The quantitative estimate of drug-likeness (QED) is 0.860. The zero-order chi connectivity index (χ0) is 15.9. The van der Waals surface area contributed by atoms with Crippen molar-refractivity contribution >= 4 is 11.4 Å². The first-order valence-corrected chi connectivity index (χ1v) is 8.28. The molecule has 2 aromatic rings. The number of rotatable bonds is 6. The van der Waals surface area contributed by atoms with E-state index >= 15 is 0 Å². The predicted molar refractivity (Wildman–Crippen MR) is 96.7 cm³/mol. The fourth-order valence-electron chi connectivity index (χ4n) is 2.94. The van der Waals surface area contributed by atoms with Gasteiger partial charge in [-0.1, -0.05) is 24.3 Å². The SMILES string of the molecule is COc1ccc(CCNc2ccccc2N2CCNCC2)cc1. The summed E-state index contributed by atoms with van der Waals surface area (Å²) in [4.78, 5) is 2.45. The van der Waals surface area contributed by atoms with Gasteiger partial charge >= 0.3 is 0 Å². The predicted octanol–water partition coefficient (Wildman–Crippen LogP) is 2.76. The van der Waals surface area contributed by atoms with Crippen LogP contribution in [0.3, 0.4) is 0 Å². The molecule has 4 heteroatoms. The van der Waals surface area contributed by atoms with Gasteiger partial charge in [-0.15, -0.1) is 0 Å². The molecule has 1 heterocycles. The second kappa shape index (κ2) is 7.88. The Hall–Kier alpha value is -2.20. The van der Waals surface area contributed by atoms with Crippen LogP contribution in [0.2, 0.25) is 0 Å². The summed E-state index contributed by atoms with van der Waals surface area (Å²) in [7, 11) is 1.70. The number of benzene rings is 2. The average molecular weight is 311 g/mol. The van der Waals surface area contributed by atoms with Crippen molar-refractivity contribution in [3.05, 3.63) is 54.1 Å². The highest BCUT2D eigenvalue weighted by Crippen LogP contribution is 2.25. The maximum Gasteiger partial charge on any atom is 0.118 e. The average Bonchev–Trinajstić information content (AvgIpc) is 2.63. The lowest BCUT2D eigenvalue weighted by Gasteiger charge is -2.31. The molecule has 122 valence electrons. The molecule has 3 rings (SSSR count). The van der Waals surface area contributed by atoms with Crippen LogP contribution in [0.1, 0.15) is 5.56 Å². The van der Waals surface area contributed by atoms with E-state index in [1.54, 1.807) is 7.11 Å². The molecule has 0 radical (unpaired) electrons. The Morgan fingerprint density at radius 3 is 2.52 bits per heavy atom. The first-order valence-electron chi connectivity index (χ1n) is 8.28. The molecule has 0 aromatic heterocycles. The van der Waals surface area contributed by atoms with Crippen molar-refractivity contribution < 1.29 is 4.74 Å². The molecule has 0 spiro atoms. The highest BCUT2D eigenvalue weighted by Gasteiger charge is 2.13. The number of methoxy groups -OCH3 is 1. The summed E-state index contributed by atoms with van der Waals surface area (Å²) < 4.78 is 5.20. The van der Waals surface area contributed by atoms with Gasteiger partial charge in [-0.2, -0.15) is 0 Å². The van der Waals surface area contributed by atoms with Crippen LogP contribution >= 0.6 is 0 Å². The van der Waals surface area contributed by atoms with Crippen molar-refractivity contribution in [1.82, 2.24) is 5.32 Å². The molecule has 0 aliphatic carbocycles. The molecule has 1 saturated heterocycles. The van der Waals surface area contributed by atoms with E-state index < -0.39 is 0 Å². The maximum atomic E-state index is 5.20. The largest absolute Gasteiger partial charge is 0.497 e. The highest BCUT2D eigenvalue weighted by atomic mass is 16.5. The summed E-state index contributed by atoms with van der Waals surface area (Å²) in [6.07, 6.45) is 1.000. The summed E-state index contributed by atoms with van der Waals surface area (Å²) >= 11 is 0. The van der Waals surface area contributed by atoms with Crippen LogP contribution < -0.4 is 20.3 Å². The van der Waals surface area contributed by atoms with Crippen molar-refractivity contribution in [1.29, 1.82) is 0 Å². The smallest absolute Gasteiger partial charge is 0.118 e. The molecule has 0 saturated carbocycles. The number of nitrogens with one attached hydrogen (secondary N) is 2. The second-order valence-corrected chi connectivity index (χ2v) is 5.78. The van der Waals surface area contributed by atoms with Gasteiger partial charge in [-0.3, -0.25) is 0 Å². The van der Waals surface area contributed by atoms with Crippen molar-refractivity contribution in [3.63, 3.8) is 0 Å². The van der Waals surface area contributed by atoms with Crippen molar-refractivity contribution in [2.75, 3.05) is 50.1 Å². The van der Waals surface area contributed by atoms with Crippen molar-refractivity contribution in [2.45, 2.75) is 6.42 Å². The van der Waals surface area contributed by atoms with E-state index in [0.29, 0.717) is 0 Å². The second-order valence-electron chi connectivity index (χ2n) is 5.78. The van der Waals surface area contributed by atoms with Crippen molar-refractivity contribution in [3.8, 4) is 5.75 Å². The van der Waals surface area contributed by atoms with Gasteiger partial charge in [-0.25, -0.2) is 0 Å². The maximum absolute atomic E-state index is 5.20. The number of hydrogen-bond acceptors (Lipinski definition) is 4. The third-order valence-electron chi connectivity index (χ3n) is 4.25. The van der Waals surface area contributed by atoms with Gasteiger partial charge in [0.15, 0.2) is 0 Å². The van der Waals surface area contributed by atoms with Gasteiger partial charge in [0.2, 0.25) is 0 Å². The summed E-state index contributed by atoms with van der Waals surface area (Å²) in [5, 5.41) is 7.00. The van der Waals surface area contributed by atoms with Crippen LogP contribution in [0.15, 0.2) is 48.5 Å². The summed E-state index contributed by atoms with van der Waals surface area (Å²) in [6.45, 7) is 5.17. The van der Waals surface area contributed by atoms with E-state index in [2.05, 4.69) is 51.9 Å². The number of para-hydroxylation sites is 2. The standard InChI is InChI=1S/C19H25N3O/c1-23-17-8-6-16(7-9-17)10-11-21-18-4-2-3-5-19(18)22-14-12-20-13-15-22/h2-9,20-21H,10-15H2,1H3. The molecule has 0 atom stereocenters. The van der Waals surface area contributed by atoms with Gasteiger partial charge in [0, 0.05) is 32.7 Å². The van der Waals surface area contributed by atoms with E-state index in [9.17, 15) is 0 Å². The molecule has 1 fully saturated rings. The minimum atomic E-state index is 0.908. The van der Waals surface area contributed by atoms with Gasteiger partial charge in [0.05, 0.1) is 18.5 Å². The lowest BCUT2D eigenvalue weighted by atomic mass is 10.1. The van der Waals surface area contributed by atoms with E-state index in [-0.39, 0.29) is 0 Å². The van der Waals surface area contributed by atoms with Gasteiger partial charge in [0.25, 0.3) is 0 Å². The number of piperazine rings is 1. The van der Waals surface area contributed by atoms with E-state index in [1.807, 2.05) is 12.1 Å². The van der Waals surface area contributed by atoms with Crippen molar-refractivity contribution in [2.24, 2.45) is 0 Å². The van der Waals surface area contributed by atoms with Crippen LogP contribution in [0.4, 0.5) is 11.4 Å². The van der Waals surface area contributed by atoms with Crippen LogP contribution in [0.5, 0.6) is 5.75 Å². The Morgan fingerprint density at radius 2 is 1.78 bits per heavy atom. The van der Waals surface area contributed by atoms with E-state index in [1.165, 1.54) is 16.9 Å². The van der Waals surface area contributed by atoms with E-state index in [0.717, 1.165) is 44.9 Å². The molecule has 1 aliphatic rings. The lowest BCUT2D eigenvalue weighted by molar-refractivity contribution is 0.414. The van der Waals surface area contributed by atoms with E-state index in [4.69, 9.17) is 4.74 Å². The summed E-state index contributed by atoms with van der Waals surface area (Å²) in [5.41, 5.74) is 3.85. The minimum absolute atomic E-state index is 0.908. The fraction of sp³-hybridized carbons (Fsp3) is 0.368. The molecule has 0 amide bonds. The topological polar surface area (TPSA) is 36.5 Å².